The molecule has 0 aliphatic heterocycles. The predicted molar refractivity (Wildman–Crippen MR) is 82.3 cm³/mol. The lowest BCUT2D eigenvalue weighted by Gasteiger charge is -2.24. The first-order valence-corrected chi connectivity index (χ1v) is 7.54. The first-order chi connectivity index (χ1) is 9.90. The second-order valence-electron chi connectivity index (χ2n) is 5.12. The maximum atomic E-state index is 13.6. The fourth-order valence-electron chi connectivity index (χ4n) is 2.20. The van der Waals surface area contributed by atoms with Crippen molar-refractivity contribution in [1.82, 2.24) is 4.90 Å². The Morgan fingerprint density at radius 3 is 2.76 bits per heavy atom. The minimum Gasteiger partial charge on any atom is -0.507 e. The van der Waals surface area contributed by atoms with E-state index in [0.717, 1.165) is 6.07 Å². The summed E-state index contributed by atoms with van der Waals surface area (Å²) in [5, 5.41) is 12.1. The average molecular weight is 307 g/mol. The maximum absolute atomic E-state index is 13.6. The van der Waals surface area contributed by atoms with Crippen LogP contribution in [0.25, 0.3) is 0 Å². The Bertz CT molecular complexity index is 640. The second kappa shape index (κ2) is 6.37. The van der Waals surface area contributed by atoms with E-state index in [2.05, 4.69) is 0 Å². The molecule has 0 fully saturated rings. The normalized spacial score (nSPS) is 12.6. The van der Waals surface area contributed by atoms with Crippen LogP contribution in [0.5, 0.6) is 5.75 Å². The van der Waals surface area contributed by atoms with E-state index in [1.54, 1.807) is 11.3 Å². The molecule has 1 N–H and O–H groups in total. The van der Waals surface area contributed by atoms with Gasteiger partial charge in [0.05, 0.1) is 5.56 Å². The van der Waals surface area contributed by atoms with Crippen LogP contribution in [0.15, 0.2) is 29.6 Å². The van der Waals surface area contributed by atoms with Crippen LogP contribution in [-0.2, 0) is 6.54 Å². The number of phenolic OH excluding ortho intramolecular Hbond substituents is 1. The zero-order valence-corrected chi connectivity index (χ0v) is 13.1. The molecule has 1 unspecified atom stereocenters. The molecule has 21 heavy (non-hydrogen) atoms. The monoisotopic (exact) mass is 307 g/mol. The first kappa shape index (κ1) is 15.7. The third kappa shape index (κ3) is 3.49. The summed E-state index contributed by atoms with van der Waals surface area (Å²) in [5.74, 6) is -0.985. The van der Waals surface area contributed by atoms with Crippen LogP contribution in [0.2, 0.25) is 0 Å². The molecule has 0 aliphatic rings. The van der Waals surface area contributed by atoms with E-state index in [9.17, 15) is 14.3 Å². The third-order valence-corrected chi connectivity index (χ3v) is 4.61. The van der Waals surface area contributed by atoms with Gasteiger partial charge in [0.1, 0.15) is 11.6 Å². The van der Waals surface area contributed by atoms with Gasteiger partial charge in [0.15, 0.2) is 5.78 Å². The molecule has 0 radical (unpaired) electrons. The molecule has 3 nitrogen and oxygen atoms in total. The SMILES string of the molecule is CC(=O)c1cc(F)cc(CN(C)C(C)c2cccs2)c1O. The van der Waals surface area contributed by atoms with Gasteiger partial charge in [-0.25, -0.2) is 4.39 Å². The quantitative estimate of drug-likeness (QED) is 0.849. The topological polar surface area (TPSA) is 40.5 Å². The number of Topliss-reactive ketones (excluding diaryl/α,β-unsaturated/α-hetero) is 1. The standard InChI is InChI=1S/C16H18FNO2S/c1-10(15-5-4-6-21-15)18(3)9-12-7-13(17)8-14(11(2)19)16(12)20/h4-8,10,20H,9H2,1-3H3. The van der Waals surface area contributed by atoms with Crippen LogP contribution < -0.4 is 0 Å². The highest BCUT2D eigenvalue weighted by Crippen LogP contribution is 2.29. The van der Waals surface area contributed by atoms with Crippen LogP contribution in [0.3, 0.4) is 0 Å². The molecule has 0 bridgehead atoms. The van der Waals surface area contributed by atoms with Crippen molar-refractivity contribution in [3.05, 3.63) is 51.5 Å². The number of ketones is 1. The van der Waals surface area contributed by atoms with Gasteiger partial charge >= 0.3 is 0 Å². The maximum Gasteiger partial charge on any atom is 0.163 e. The molecular formula is C16H18FNO2S. The summed E-state index contributed by atoms with van der Waals surface area (Å²) < 4.78 is 13.6. The fourth-order valence-corrected chi connectivity index (χ4v) is 3.04. The van der Waals surface area contributed by atoms with Gasteiger partial charge in [-0.15, -0.1) is 11.3 Å². The van der Waals surface area contributed by atoms with Gasteiger partial charge in [-0.1, -0.05) is 6.07 Å². The Balaban J connectivity index is 2.25. The molecule has 1 heterocycles. The molecule has 1 atom stereocenters. The zero-order valence-electron chi connectivity index (χ0n) is 12.3. The van der Waals surface area contributed by atoms with Gasteiger partial charge in [-0.2, -0.15) is 0 Å². The predicted octanol–water partition coefficient (Wildman–Crippen LogP) is 3.99. The number of phenols is 1. The Labute approximate surface area is 127 Å². The molecule has 0 saturated carbocycles. The van der Waals surface area contributed by atoms with Crippen molar-refractivity contribution in [3.8, 4) is 5.75 Å². The van der Waals surface area contributed by atoms with Crippen LogP contribution >= 0.6 is 11.3 Å². The van der Waals surface area contributed by atoms with E-state index in [0.29, 0.717) is 12.1 Å². The number of hydrogen-bond donors (Lipinski definition) is 1. The third-order valence-electron chi connectivity index (χ3n) is 3.57. The van der Waals surface area contributed by atoms with Crippen LogP contribution in [0, 0.1) is 5.82 Å². The number of benzene rings is 1. The summed E-state index contributed by atoms with van der Waals surface area (Å²) in [7, 11) is 1.90. The largest absolute Gasteiger partial charge is 0.507 e. The van der Waals surface area contributed by atoms with E-state index in [-0.39, 0.29) is 23.1 Å². The van der Waals surface area contributed by atoms with Crippen molar-refractivity contribution in [3.63, 3.8) is 0 Å². The molecular weight excluding hydrogens is 289 g/mol. The average Bonchev–Trinajstić information content (AvgIpc) is 2.95. The number of halogens is 1. The summed E-state index contributed by atoms with van der Waals surface area (Å²) in [6.45, 7) is 3.73. The van der Waals surface area contributed by atoms with Crippen molar-refractivity contribution >= 4 is 17.1 Å². The molecule has 2 rings (SSSR count). The Hall–Kier alpha value is -1.72. The second-order valence-corrected chi connectivity index (χ2v) is 6.10. The number of thiophene rings is 1. The minimum atomic E-state index is -0.509. The Kier molecular flexibility index (Phi) is 4.75. The highest BCUT2D eigenvalue weighted by molar-refractivity contribution is 7.10. The number of carbonyl (C=O) groups excluding carboxylic acids is 1. The summed E-state index contributed by atoms with van der Waals surface area (Å²) >= 11 is 1.65. The van der Waals surface area contributed by atoms with Crippen LogP contribution in [-0.4, -0.2) is 22.8 Å². The Morgan fingerprint density at radius 1 is 1.48 bits per heavy atom. The van der Waals surface area contributed by atoms with Crippen molar-refractivity contribution in [2.45, 2.75) is 26.4 Å². The lowest BCUT2D eigenvalue weighted by molar-refractivity contribution is 0.101. The number of nitrogens with zero attached hydrogens (tertiary/aromatic N) is 1. The summed E-state index contributed by atoms with van der Waals surface area (Å²) in [5.41, 5.74) is 0.452. The van der Waals surface area contributed by atoms with Crippen LogP contribution in [0.4, 0.5) is 4.39 Å². The molecule has 0 saturated heterocycles. The lowest BCUT2D eigenvalue weighted by atomic mass is 10.0. The molecule has 5 heteroatoms. The van der Waals surface area contributed by atoms with Gasteiger partial charge in [0.25, 0.3) is 0 Å². The van der Waals surface area contributed by atoms with E-state index in [1.807, 2.05) is 36.4 Å². The molecule has 0 amide bonds. The highest BCUT2D eigenvalue weighted by Gasteiger charge is 2.18. The van der Waals surface area contributed by atoms with E-state index in [1.165, 1.54) is 17.9 Å². The van der Waals surface area contributed by atoms with Crippen LogP contribution in [0.1, 0.15) is 40.7 Å². The van der Waals surface area contributed by atoms with Gasteiger partial charge < -0.3 is 5.11 Å². The van der Waals surface area contributed by atoms with Gasteiger partial charge in [-0.05, 0) is 44.5 Å². The van der Waals surface area contributed by atoms with E-state index in [4.69, 9.17) is 0 Å². The van der Waals surface area contributed by atoms with Crippen molar-refractivity contribution in [2.24, 2.45) is 0 Å². The number of hydrogen-bond acceptors (Lipinski definition) is 4. The molecule has 0 spiro atoms. The smallest absolute Gasteiger partial charge is 0.163 e. The summed E-state index contributed by atoms with van der Waals surface area (Å²) in [4.78, 5) is 14.6. The first-order valence-electron chi connectivity index (χ1n) is 6.66. The van der Waals surface area contributed by atoms with Crippen molar-refractivity contribution in [2.75, 3.05) is 7.05 Å². The van der Waals surface area contributed by atoms with E-state index < -0.39 is 5.82 Å². The molecule has 112 valence electrons. The summed E-state index contributed by atoms with van der Waals surface area (Å²) in [6.07, 6.45) is 0. The van der Waals surface area contributed by atoms with Gasteiger partial charge in [0.2, 0.25) is 0 Å². The number of rotatable bonds is 5. The van der Waals surface area contributed by atoms with Crippen molar-refractivity contribution in [1.29, 1.82) is 0 Å². The van der Waals surface area contributed by atoms with Gasteiger partial charge in [0, 0.05) is 23.0 Å². The molecule has 2 aromatic rings. The minimum absolute atomic E-state index is 0.0298. The molecule has 1 aromatic carbocycles. The molecule has 1 aromatic heterocycles. The van der Waals surface area contributed by atoms with Crippen molar-refractivity contribution < 1.29 is 14.3 Å². The highest BCUT2D eigenvalue weighted by atomic mass is 32.1. The Morgan fingerprint density at radius 2 is 2.19 bits per heavy atom. The molecule has 0 aliphatic carbocycles. The van der Waals surface area contributed by atoms with Gasteiger partial charge in [-0.3, -0.25) is 9.69 Å². The lowest BCUT2D eigenvalue weighted by Crippen LogP contribution is -2.21. The number of carbonyl (C=O) groups is 1. The van der Waals surface area contributed by atoms with E-state index >= 15 is 0 Å². The number of aromatic hydroxyl groups is 1. The zero-order chi connectivity index (χ0) is 15.6. The summed E-state index contributed by atoms with van der Waals surface area (Å²) in [6, 6.07) is 6.52. The fraction of sp³-hybridized carbons (Fsp3) is 0.312.